The maximum Gasteiger partial charge on any atom is 0.226 e. The molecule has 0 bridgehead atoms. The molecule has 0 aliphatic carbocycles. The summed E-state index contributed by atoms with van der Waals surface area (Å²) in [5, 5.41) is 4.00. The lowest BCUT2D eigenvalue weighted by Gasteiger charge is -2.34. The number of hydrogen-bond acceptors (Lipinski definition) is 5. The van der Waals surface area contributed by atoms with Gasteiger partial charge in [-0.2, -0.15) is 0 Å². The van der Waals surface area contributed by atoms with Gasteiger partial charge in [-0.15, -0.1) is 11.3 Å². The standard InChI is InChI=1S/C19H19ClN4S/c1-2-7-23-8-10-24(11-9-23)19-21-12-16-17(13-25-18(16)22-19)14-3-5-15(20)6-4-14/h2-7,12-13H,8-11H2,1H3. The van der Waals surface area contributed by atoms with E-state index in [1.165, 1.54) is 5.56 Å². The molecule has 0 saturated carbocycles. The second kappa shape index (κ2) is 7.02. The van der Waals surface area contributed by atoms with Crippen LogP contribution in [0.3, 0.4) is 0 Å². The Balaban J connectivity index is 1.59. The summed E-state index contributed by atoms with van der Waals surface area (Å²) in [5.74, 6) is 0.831. The maximum absolute atomic E-state index is 5.99. The number of thiophene rings is 1. The highest BCUT2D eigenvalue weighted by molar-refractivity contribution is 7.17. The van der Waals surface area contributed by atoms with Crippen molar-refractivity contribution in [3.8, 4) is 11.1 Å². The van der Waals surface area contributed by atoms with Gasteiger partial charge in [0, 0.05) is 53.7 Å². The van der Waals surface area contributed by atoms with Gasteiger partial charge in [-0.25, -0.2) is 9.97 Å². The summed E-state index contributed by atoms with van der Waals surface area (Å²) in [6, 6.07) is 7.91. The summed E-state index contributed by atoms with van der Waals surface area (Å²) in [5.41, 5.74) is 2.31. The first-order chi connectivity index (χ1) is 12.2. The number of benzene rings is 1. The van der Waals surface area contributed by atoms with Gasteiger partial charge in [0.1, 0.15) is 4.83 Å². The van der Waals surface area contributed by atoms with Crippen LogP contribution in [0.5, 0.6) is 0 Å². The average molecular weight is 371 g/mol. The van der Waals surface area contributed by atoms with Crippen molar-refractivity contribution in [3.05, 3.63) is 53.1 Å². The van der Waals surface area contributed by atoms with Crippen LogP contribution in [-0.4, -0.2) is 41.0 Å². The van der Waals surface area contributed by atoms with E-state index in [-0.39, 0.29) is 0 Å². The summed E-state index contributed by atoms with van der Waals surface area (Å²) in [7, 11) is 0. The first kappa shape index (κ1) is 16.4. The molecule has 0 radical (unpaired) electrons. The summed E-state index contributed by atoms with van der Waals surface area (Å²) in [6.07, 6.45) is 6.19. The van der Waals surface area contributed by atoms with Gasteiger partial charge in [-0.3, -0.25) is 0 Å². The van der Waals surface area contributed by atoms with Crippen molar-refractivity contribution in [2.45, 2.75) is 6.92 Å². The Labute approximate surface area is 156 Å². The second-order valence-electron chi connectivity index (χ2n) is 6.05. The third-order valence-corrected chi connectivity index (χ3v) is 5.57. The number of rotatable bonds is 3. The summed E-state index contributed by atoms with van der Waals surface area (Å²) < 4.78 is 0. The third-order valence-electron chi connectivity index (χ3n) is 4.43. The van der Waals surface area contributed by atoms with Crippen LogP contribution >= 0.6 is 22.9 Å². The monoisotopic (exact) mass is 370 g/mol. The second-order valence-corrected chi connectivity index (χ2v) is 7.35. The fraction of sp³-hybridized carbons (Fsp3) is 0.263. The molecule has 0 unspecified atom stereocenters. The Bertz CT molecular complexity index is 895. The Kier molecular flexibility index (Phi) is 4.59. The molecule has 6 heteroatoms. The van der Waals surface area contributed by atoms with Crippen molar-refractivity contribution in [3.63, 3.8) is 0 Å². The van der Waals surface area contributed by atoms with E-state index in [1.807, 2.05) is 30.5 Å². The van der Waals surface area contributed by atoms with Gasteiger partial charge in [0.15, 0.2) is 0 Å². The van der Waals surface area contributed by atoms with Crippen molar-refractivity contribution in [1.29, 1.82) is 0 Å². The Morgan fingerprint density at radius 1 is 1.12 bits per heavy atom. The van der Waals surface area contributed by atoms with Crippen molar-refractivity contribution in [2.75, 3.05) is 31.1 Å². The van der Waals surface area contributed by atoms with Crippen LogP contribution in [-0.2, 0) is 0 Å². The van der Waals surface area contributed by atoms with Gasteiger partial charge < -0.3 is 9.80 Å². The average Bonchev–Trinajstić information content (AvgIpc) is 3.06. The zero-order chi connectivity index (χ0) is 17.2. The van der Waals surface area contributed by atoms with E-state index in [0.29, 0.717) is 0 Å². The number of piperazine rings is 1. The molecule has 128 valence electrons. The molecule has 0 N–H and O–H groups in total. The first-order valence-corrected chi connectivity index (χ1v) is 9.62. The number of allylic oxidation sites excluding steroid dienone is 1. The Hall–Kier alpha value is -2.11. The third kappa shape index (κ3) is 3.34. The van der Waals surface area contributed by atoms with E-state index < -0.39 is 0 Å². The molecule has 1 aliphatic rings. The highest BCUT2D eigenvalue weighted by Gasteiger charge is 2.18. The molecule has 4 rings (SSSR count). The molecule has 0 spiro atoms. The molecule has 2 aromatic heterocycles. The molecule has 0 amide bonds. The Morgan fingerprint density at radius 3 is 2.60 bits per heavy atom. The number of fused-ring (bicyclic) bond motifs is 1. The van der Waals surface area contributed by atoms with E-state index in [0.717, 1.165) is 52.9 Å². The van der Waals surface area contributed by atoms with Gasteiger partial charge in [0.2, 0.25) is 5.95 Å². The lowest BCUT2D eigenvalue weighted by Crippen LogP contribution is -2.44. The van der Waals surface area contributed by atoms with Crippen LogP contribution in [0, 0.1) is 0 Å². The lowest BCUT2D eigenvalue weighted by atomic mass is 10.1. The molecule has 1 saturated heterocycles. The molecular weight excluding hydrogens is 352 g/mol. The zero-order valence-corrected chi connectivity index (χ0v) is 15.6. The molecule has 1 aromatic carbocycles. The van der Waals surface area contributed by atoms with Crippen molar-refractivity contribution < 1.29 is 0 Å². The SMILES string of the molecule is CC=CN1CCN(c2ncc3c(-c4ccc(Cl)cc4)csc3n2)CC1. The molecule has 1 fully saturated rings. The minimum absolute atomic E-state index is 0.749. The van der Waals surface area contributed by atoms with E-state index in [2.05, 4.69) is 39.4 Å². The number of halogens is 1. The largest absolute Gasteiger partial charge is 0.374 e. The number of anilines is 1. The molecule has 0 atom stereocenters. The van der Waals surface area contributed by atoms with Crippen LogP contribution < -0.4 is 4.90 Å². The van der Waals surface area contributed by atoms with E-state index >= 15 is 0 Å². The quantitative estimate of drug-likeness (QED) is 0.670. The van der Waals surface area contributed by atoms with Crippen LogP contribution in [0.15, 0.2) is 48.1 Å². The van der Waals surface area contributed by atoms with Gasteiger partial charge in [-0.05, 0) is 30.8 Å². The lowest BCUT2D eigenvalue weighted by molar-refractivity contribution is 0.346. The van der Waals surface area contributed by atoms with Gasteiger partial charge in [-0.1, -0.05) is 29.8 Å². The predicted octanol–water partition coefficient (Wildman–Crippen LogP) is 4.67. The first-order valence-electron chi connectivity index (χ1n) is 8.36. The van der Waals surface area contributed by atoms with Crippen molar-refractivity contribution in [1.82, 2.24) is 14.9 Å². The molecule has 4 nitrogen and oxygen atoms in total. The smallest absolute Gasteiger partial charge is 0.226 e. The van der Waals surface area contributed by atoms with Crippen LogP contribution in [0.1, 0.15) is 6.92 Å². The predicted molar refractivity (Wildman–Crippen MR) is 106 cm³/mol. The van der Waals surface area contributed by atoms with E-state index in [4.69, 9.17) is 16.6 Å². The molecular formula is C19H19ClN4S. The minimum Gasteiger partial charge on any atom is -0.374 e. The summed E-state index contributed by atoms with van der Waals surface area (Å²) in [4.78, 5) is 15.1. The van der Waals surface area contributed by atoms with E-state index in [9.17, 15) is 0 Å². The van der Waals surface area contributed by atoms with Gasteiger partial charge in [0.25, 0.3) is 0 Å². The van der Waals surface area contributed by atoms with Gasteiger partial charge in [0.05, 0.1) is 0 Å². The zero-order valence-electron chi connectivity index (χ0n) is 14.0. The highest BCUT2D eigenvalue weighted by atomic mass is 35.5. The summed E-state index contributed by atoms with van der Waals surface area (Å²) >= 11 is 7.66. The minimum atomic E-state index is 0.749. The van der Waals surface area contributed by atoms with Gasteiger partial charge >= 0.3 is 0 Å². The fourth-order valence-corrected chi connectivity index (χ4v) is 4.14. The highest BCUT2D eigenvalue weighted by Crippen LogP contribution is 2.33. The normalized spacial score (nSPS) is 15.4. The topological polar surface area (TPSA) is 32.3 Å². The van der Waals surface area contributed by atoms with E-state index in [1.54, 1.807) is 11.3 Å². The van der Waals surface area contributed by atoms with Crippen LogP contribution in [0.2, 0.25) is 5.02 Å². The summed E-state index contributed by atoms with van der Waals surface area (Å²) in [6.45, 7) is 5.97. The molecule has 3 aromatic rings. The number of aromatic nitrogens is 2. The maximum atomic E-state index is 5.99. The fourth-order valence-electron chi connectivity index (χ4n) is 3.10. The van der Waals surface area contributed by atoms with Crippen LogP contribution in [0.25, 0.3) is 21.3 Å². The molecule has 25 heavy (non-hydrogen) atoms. The molecule has 1 aliphatic heterocycles. The van der Waals surface area contributed by atoms with Crippen molar-refractivity contribution >= 4 is 39.1 Å². The Morgan fingerprint density at radius 2 is 1.88 bits per heavy atom. The number of nitrogens with zero attached hydrogens (tertiary/aromatic N) is 4. The van der Waals surface area contributed by atoms with Crippen LogP contribution in [0.4, 0.5) is 5.95 Å². The number of hydrogen-bond donors (Lipinski definition) is 0. The molecule has 3 heterocycles. The van der Waals surface area contributed by atoms with Crippen molar-refractivity contribution in [2.24, 2.45) is 0 Å².